The molecule has 2 heterocycles. The van der Waals surface area contributed by atoms with Crippen LogP contribution in [0.15, 0.2) is 176 Å². The van der Waals surface area contributed by atoms with Crippen LogP contribution in [0.5, 0.6) is 0 Å². The number of para-hydroxylation sites is 3. The highest BCUT2D eigenvalue weighted by molar-refractivity contribution is 7.85. The van der Waals surface area contributed by atoms with Gasteiger partial charge in [0.1, 0.15) is 0 Å². The molecule has 218 valence electrons. The molecular formula is C42H29N2OP. The summed E-state index contributed by atoms with van der Waals surface area (Å²) in [5.74, 6) is 0. The minimum absolute atomic E-state index is 0.833. The predicted molar refractivity (Wildman–Crippen MR) is 195 cm³/mol. The second-order valence-corrected chi connectivity index (χ2v) is 14.5. The summed E-state index contributed by atoms with van der Waals surface area (Å²) in [4.78, 5) is 0. The van der Waals surface area contributed by atoms with Gasteiger partial charge in [-0.15, -0.1) is 0 Å². The third-order valence-corrected chi connectivity index (χ3v) is 12.2. The third-order valence-electron chi connectivity index (χ3n) is 9.19. The number of benzene rings is 7. The van der Waals surface area contributed by atoms with Gasteiger partial charge in [-0.05, 0) is 54.6 Å². The Hall–Kier alpha value is -5.63. The average Bonchev–Trinajstić information content (AvgIpc) is 3.65. The molecule has 0 saturated heterocycles. The number of nitrogens with zero attached hydrogens (tertiary/aromatic N) is 2. The predicted octanol–water partition coefficient (Wildman–Crippen LogP) is 9.52. The second kappa shape index (κ2) is 10.5. The molecule has 0 atom stereocenters. The van der Waals surface area contributed by atoms with E-state index in [0.717, 1.165) is 49.1 Å². The van der Waals surface area contributed by atoms with Gasteiger partial charge in [0.2, 0.25) is 0 Å². The smallest absolute Gasteiger partial charge is 0.171 e. The van der Waals surface area contributed by atoms with E-state index >= 15 is 4.57 Å². The minimum Gasteiger partial charge on any atom is -0.309 e. The van der Waals surface area contributed by atoms with E-state index in [9.17, 15) is 0 Å². The standard InChI is InChI=1S/C42H29N2OP/c45-46(32-16-3-1-4-17-32,33-18-5-2-6-19-33)34-26-27-42-38(29-34)37-22-9-12-25-41(37)44(42)31-15-13-14-30(28-31)43-39-23-10-7-20-35(39)36-21-8-11-24-40(36)43/h1-29H. The van der Waals surface area contributed by atoms with Gasteiger partial charge in [-0.25, -0.2) is 0 Å². The topological polar surface area (TPSA) is 26.9 Å². The van der Waals surface area contributed by atoms with Crippen molar-refractivity contribution in [3.63, 3.8) is 0 Å². The lowest BCUT2D eigenvalue weighted by Crippen LogP contribution is -2.24. The fourth-order valence-corrected chi connectivity index (χ4v) is 9.80. The Morgan fingerprint density at radius 1 is 0.326 bits per heavy atom. The molecule has 0 aliphatic heterocycles. The molecular weight excluding hydrogens is 579 g/mol. The van der Waals surface area contributed by atoms with Gasteiger partial charge in [-0.2, -0.15) is 0 Å². The summed E-state index contributed by atoms with van der Waals surface area (Å²) in [6.07, 6.45) is 0. The summed E-state index contributed by atoms with van der Waals surface area (Å²) >= 11 is 0. The van der Waals surface area contributed by atoms with Crippen LogP contribution < -0.4 is 15.9 Å². The van der Waals surface area contributed by atoms with Crippen molar-refractivity contribution >= 4 is 66.7 Å². The molecule has 0 saturated carbocycles. The average molecular weight is 609 g/mol. The van der Waals surface area contributed by atoms with Crippen molar-refractivity contribution < 1.29 is 4.57 Å². The van der Waals surface area contributed by atoms with E-state index in [0.29, 0.717) is 0 Å². The zero-order valence-electron chi connectivity index (χ0n) is 25.0. The largest absolute Gasteiger partial charge is 0.309 e. The Bertz CT molecular complexity index is 2520. The molecule has 9 aromatic rings. The van der Waals surface area contributed by atoms with E-state index in [1.165, 1.54) is 21.8 Å². The summed E-state index contributed by atoms with van der Waals surface area (Å²) in [7, 11) is -3.12. The quantitative estimate of drug-likeness (QED) is 0.179. The molecule has 2 aromatic heterocycles. The molecule has 9 rings (SSSR count). The van der Waals surface area contributed by atoms with Crippen molar-refractivity contribution in [2.75, 3.05) is 0 Å². The van der Waals surface area contributed by atoms with Gasteiger partial charge in [0.15, 0.2) is 7.14 Å². The van der Waals surface area contributed by atoms with Crippen LogP contribution >= 0.6 is 7.14 Å². The monoisotopic (exact) mass is 608 g/mol. The second-order valence-electron chi connectivity index (χ2n) is 11.7. The van der Waals surface area contributed by atoms with Crippen molar-refractivity contribution in [3.05, 3.63) is 176 Å². The maximum atomic E-state index is 15.3. The first kappa shape index (κ1) is 26.7. The Balaban J connectivity index is 1.28. The molecule has 4 heteroatoms. The van der Waals surface area contributed by atoms with Gasteiger partial charge in [-0.1, -0.05) is 121 Å². The number of hydrogen-bond donors (Lipinski definition) is 0. The molecule has 46 heavy (non-hydrogen) atoms. The molecule has 0 fully saturated rings. The van der Waals surface area contributed by atoms with Crippen LogP contribution in [0.25, 0.3) is 55.0 Å². The zero-order valence-corrected chi connectivity index (χ0v) is 25.9. The molecule has 3 nitrogen and oxygen atoms in total. The van der Waals surface area contributed by atoms with E-state index in [2.05, 4.69) is 124 Å². The molecule has 0 bridgehead atoms. The lowest BCUT2D eigenvalue weighted by atomic mass is 10.1. The van der Waals surface area contributed by atoms with Crippen LogP contribution in [-0.2, 0) is 4.57 Å². The van der Waals surface area contributed by atoms with E-state index in [1.54, 1.807) is 0 Å². The molecule has 0 aliphatic rings. The van der Waals surface area contributed by atoms with Gasteiger partial charge in [0, 0.05) is 48.8 Å². The SMILES string of the molecule is O=P(c1ccccc1)(c1ccccc1)c1ccc2c(c1)c1ccccc1n2-c1cccc(-n2c3ccccc3c3ccccc32)c1. The van der Waals surface area contributed by atoms with Crippen molar-refractivity contribution in [2.45, 2.75) is 0 Å². The molecule has 0 radical (unpaired) electrons. The summed E-state index contributed by atoms with van der Waals surface area (Å²) in [6.45, 7) is 0. The number of rotatable bonds is 5. The van der Waals surface area contributed by atoms with E-state index in [4.69, 9.17) is 0 Å². The normalized spacial score (nSPS) is 12.0. The van der Waals surface area contributed by atoms with Gasteiger partial charge in [0.05, 0.1) is 22.1 Å². The van der Waals surface area contributed by atoms with Crippen molar-refractivity contribution in [1.29, 1.82) is 0 Å². The number of fused-ring (bicyclic) bond motifs is 6. The molecule has 0 spiro atoms. The van der Waals surface area contributed by atoms with Gasteiger partial charge in [-0.3, -0.25) is 0 Å². The van der Waals surface area contributed by atoms with Crippen LogP contribution in [0, 0.1) is 0 Å². The van der Waals surface area contributed by atoms with E-state index < -0.39 is 7.14 Å². The number of hydrogen-bond acceptors (Lipinski definition) is 1. The Morgan fingerprint density at radius 3 is 1.24 bits per heavy atom. The molecule has 0 aliphatic carbocycles. The Kier molecular flexibility index (Phi) is 6.09. The lowest BCUT2D eigenvalue weighted by molar-refractivity contribution is 0.592. The molecule has 0 unspecified atom stereocenters. The van der Waals surface area contributed by atoms with Crippen LogP contribution in [-0.4, -0.2) is 9.13 Å². The zero-order chi connectivity index (χ0) is 30.7. The van der Waals surface area contributed by atoms with Crippen LogP contribution in [0.4, 0.5) is 0 Å². The molecule has 0 N–H and O–H groups in total. The maximum Gasteiger partial charge on any atom is 0.171 e. The van der Waals surface area contributed by atoms with Crippen LogP contribution in [0.3, 0.4) is 0 Å². The van der Waals surface area contributed by atoms with Crippen LogP contribution in [0.1, 0.15) is 0 Å². The first-order valence-corrected chi connectivity index (χ1v) is 17.3. The minimum atomic E-state index is -3.12. The van der Waals surface area contributed by atoms with Crippen molar-refractivity contribution in [1.82, 2.24) is 9.13 Å². The summed E-state index contributed by atoms with van der Waals surface area (Å²) in [5, 5.41) is 7.21. The highest BCUT2D eigenvalue weighted by Gasteiger charge is 2.30. The fraction of sp³-hybridized carbons (Fsp3) is 0. The highest BCUT2D eigenvalue weighted by Crippen LogP contribution is 2.44. The molecule has 0 amide bonds. The molecule has 7 aromatic carbocycles. The van der Waals surface area contributed by atoms with Gasteiger partial charge < -0.3 is 13.7 Å². The van der Waals surface area contributed by atoms with Crippen LogP contribution in [0.2, 0.25) is 0 Å². The first-order valence-electron chi connectivity index (χ1n) is 15.6. The van der Waals surface area contributed by atoms with E-state index in [-0.39, 0.29) is 0 Å². The summed E-state index contributed by atoms with van der Waals surface area (Å²) < 4.78 is 19.9. The van der Waals surface area contributed by atoms with Gasteiger partial charge >= 0.3 is 0 Å². The first-order chi connectivity index (χ1) is 22.7. The van der Waals surface area contributed by atoms with Crippen molar-refractivity contribution in [2.24, 2.45) is 0 Å². The van der Waals surface area contributed by atoms with Gasteiger partial charge in [0.25, 0.3) is 0 Å². The highest BCUT2D eigenvalue weighted by atomic mass is 31.2. The van der Waals surface area contributed by atoms with E-state index in [1.807, 2.05) is 60.7 Å². The Labute approximate surface area is 267 Å². The summed E-state index contributed by atoms with van der Waals surface area (Å²) in [5.41, 5.74) is 6.75. The summed E-state index contributed by atoms with van der Waals surface area (Å²) in [6, 6.07) is 60.7. The Morgan fingerprint density at radius 2 is 0.739 bits per heavy atom. The van der Waals surface area contributed by atoms with Crippen molar-refractivity contribution in [3.8, 4) is 11.4 Å². The lowest BCUT2D eigenvalue weighted by Gasteiger charge is -2.20. The third kappa shape index (κ3) is 3.96. The number of aromatic nitrogens is 2. The fourth-order valence-electron chi connectivity index (χ4n) is 7.13. The maximum absolute atomic E-state index is 15.3.